The van der Waals surface area contributed by atoms with Crippen molar-refractivity contribution < 1.29 is 0 Å². The van der Waals surface area contributed by atoms with Crippen LogP contribution in [0.2, 0.25) is 5.02 Å². The van der Waals surface area contributed by atoms with Crippen LogP contribution in [0.25, 0.3) is 0 Å². The van der Waals surface area contributed by atoms with Crippen LogP contribution in [0.1, 0.15) is 38.5 Å². The monoisotopic (exact) mass is 310 g/mol. The van der Waals surface area contributed by atoms with Crippen LogP contribution >= 0.6 is 11.6 Å². The molecule has 0 saturated heterocycles. The number of aromatic nitrogens is 2. The van der Waals surface area contributed by atoms with Gasteiger partial charge in [-0.05, 0) is 37.5 Å². The van der Waals surface area contributed by atoms with Gasteiger partial charge >= 0.3 is 0 Å². The molecule has 6 heteroatoms. The van der Waals surface area contributed by atoms with Crippen molar-refractivity contribution in [1.82, 2.24) is 9.78 Å². The second kappa shape index (κ2) is 6.36. The van der Waals surface area contributed by atoms with Gasteiger partial charge in [0.25, 0.3) is 5.56 Å². The molecule has 1 heterocycles. The largest absolute Gasteiger partial charge is 0.375 e. The van der Waals surface area contributed by atoms with Crippen molar-refractivity contribution in [2.75, 3.05) is 11.9 Å². The molecule has 1 unspecified atom stereocenters. The van der Waals surface area contributed by atoms with Crippen LogP contribution < -0.4 is 16.6 Å². The Morgan fingerprint density at radius 3 is 2.71 bits per heavy atom. The molecule has 3 N–H and O–H groups in total. The summed E-state index contributed by atoms with van der Waals surface area (Å²) in [6, 6.07) is 0.120. The number of nitrogens with zero attached hydrogens (tertiary/aromatic N) is 2. The summed E-state index contributed by atoms with van der Waals surface area (Å²) in [6.07, 6.45) is 8.79. The third kappa shape index (κ3) is 3.40. The SMILES string of the molecule is NCC(Nc1c(Cl)cnn(CC2CC2)c1=O)C1CCCC1. The first-order valence-electron chi connectivity index (χ1n) is 7.91. The normalized spacial score (nSPS) is 20.7. The maximum atomic E-state index is 12.5. The van der Waals surface area contributed by atoms with Crippen molar-refractivity contribution in [2.45, 2.75) is 51.1 Å². The summed E-state index contributed by atoms with van der Waals surface area (Å²) in [5.41, 5.74) is 6.25. The second-order valence-corrected chi connectivity index (χ2v) is 6.74. The Balaban J connectivity index is 1.80. The van der Waals surface area contributed by atoms with E-state index in [0.717, 1.165) is 0 Å². The number of nitrogens with two attached hydrogens (primary N) is 1. The van der Waals surface area contributed by atoms with Crippen molar-refractivity contribution >= 4 is 17.3 Å². The Hall–Kier alpha value is -1.07. The van der Waals surface area contributed by atoms with Gasteiger partial charge in [-0.3, -0.25) is 4.79 Å². The van der Waals surface area contributed by atoms with Gasteiger partial charge < -0.3 is 11.1 Å². The third-order valence-electron chi connectivity index (χ3n) is 4.68. The number of anilines is 1. The lowest BCUT2D eigenvalue weighted by Crippen LogP contribution is -2.38. The second-order valence-electron chi connectivity index (χ2n) is 6.33. The van der Waals surface area contributed by atoms with Gasteiger partial charge in [0.15, 0.2) is 0 Å². The summed E-state index contributed by atoms with van der Waals surface area (Å²) in [5.74, 6) is 1.14. The van der Waals surface area contributed by atoms with Crippen molar-refractivity contribution in [3.63, 3.8) is 0 Å². The molecule has 1 atom stereocenters. The molecule has 1 aromatic rings. The van der Waals surface area contributed by atoms with Crippen LogP contribution in [0.4, 0.5) is 5.69 Å². The molecule has 3 rings (SSSR count). The Labute approximate surface area is 129 Å². The Kier molecular flexibility index (Phi) is 4.50. The first kappa shape index (κ1) is 14.9. The minimum Gasteiger partial charge on any atom is -0.375 e. The fourth-order valence-electron chi connectivity index (χ4n) is 3.19. The molecule has 2 saturated carbocycles. The third-order valence-corrected chi connectivity index (χ3v) is 4.96. The summed E-state index contributed by atoms with van der Waals surface area (Å²) in [5, 5.41) is 7.85. The Morgan fingerprint density at radius 1 is 1.38 bits per heavy atom. The maximum absolute atomic E-state index is 12.5. The Bertz CT molecular complexity index is 549. The van der Waals surface area contributed by atoms with E-state index < -0.39 is 0 Å². The highest BCUT2D eigenvalue weighted by molar-refractivity contribution is 6.33. The van der Waals surface area contributed by atoms with Crippen molar-refractivity contribution in [1.29, 1.82) is 0 Å². The number of rotatable bonds is 6. The number of halogens is 1. The van der Waals surface area contributed by atoms with Crippen molar-refractivity contribution in [3.8, 4) is 0 Å². The standard InChI is InChI=1S/C15H23ClN4O/c16-12-8-18-20(9-10-5-6-10)15(21)14(12)19-13(7-17)11-3-1-2-4-11/h8,10-11,13,19H,1-7,9,17H2. The molecule has 116 valence electrons. The zero-order chi connectivity index (χ0) is 14.8. The molecule has 0 aromatic carbocycles. The first-order valence-corrected chi connectivity index (χ1v) is 8.29. The average Bonchev–Trinajstić information content (AvgIpc) is 3.13. The van der Waals surface area contributed by atoms with Crippen molar-refractivity contribution in [3.05, 3.63) is 21.6 Å². The number of hydrogen-bond acceptors (Lipinski definition) is 4. The highest BCUT2D eigenvalue weighted by Crippen LogP contribution is 2.31. The molecule has 0 spiro atoms. The van der Waals surface area contributed by atoms with Gasteiger partial charge in [-0.15, -0.1) is 0 Å². The minimum absolute atomic E-state index is 0.120. The predicted molar refractivity (Wildman–Crippen MR) is 84.7 cm³/mol. The predicted octanol–water partition coefficient (Wildman–Crippen LogP) is 2.24. The molecule has 0 bridgehead atoms. The smallest absolute Gasteiger partial charge is 0.291 e. The van der Waals surface area contributed by atoms with Gasteiger partial charge in [-0.25, -0.2) is 4.68 Å². The van der Waals surface area contributed by atoms with Gasteiger partial charge in [0, 0.05) is 19.1 Å². The Morgan fingerprint density at radius 2 is 2.10 bits per heavy atom. The number of hydrogen-bond donors (Lipinski definition) is 2. The molecule has 2 aliphatic carbocycles. The molecular weight excluding hydrogens is 288 g/mol. The number of nitrogens with one attached hydrogen (secondary N) is 1. The average molecular weight is 311 g/mol. The van der Waals surface area contributed by atoms with Crippen LogP contribution in [0.15, 0.2) is 11.0 Å². The van der Waals surface area contributed by atoms with E-state index in [1.165, 1.54) is 43.2 Å². The molecule has 0 amide bonds. The summed E-state index contributed by atoms with van der Waals surface area (Å²) >= 11 is 6.18. The van der Waals surface area contributed by atoms with Gasteiger partial charge in [-0.2, -0.15) is 5.10 Å². The summed E-state index contributed by atoms with van der Waals surface area (Å²) in [7, 11) is 0. The van der Waals surface area contributed by atoms with Crippen LogP contribution in [0.3, 0.4) is 0 Å². The van der Waals surface area contributed by atoms with Crippen LogP contribution in [-0.2, 0) is 6.54 Å². The summed E-state index contributed by atoms with van der Waals surface area (Å²) in [4.78, 5) is 12.5. The fourth-order valence-corrected chi connectivity index (χ4v) is 3.37. The zero-order valence-electron chi connectivity index (χ0n) is 12.2. The van der Waals surface area contributed by atoms with Gasteiger partial charge in [-0.1, -0.05) is 24.4 Å². The molecule has 21 heavy (non-hydrogen) atoms. The van der Waals surface area contributed by atoms with Crippen molar-refractivity contribution in [2.24, 2.45) is 17.6 Å². The lowest BCUT2D eigenvalue weighted by Gasteiger charge is -2.24. The topological polar surface area (TPSA) is 72.9 Å². The van der Waals surface area contributed by atoms with E-state index in [4.69, 9.17) is 17.3 Å². The lowest BCUT2D eigenvalue weighted by atomic mass is 9.98. The zero-order valence-corrected chi connectivity index (χ0v) is 13.0. The molecule has 5 nitrogen and oxygen atoms in total. The molecule has 0 radical (unpaired) electrons. The molecule has 2 fully saturated rings. The quantitative estimate of drug-likeness (QED) is 0.845. The minimum atomic E-state index is -0.120. The molecule has 2 aliphatic rings. The molecule has 1 aromatic heterocycles. The molecule has 0 aliphatic heterocycles. The summed E-state index contributed by atoms with van der Waals surface area (Å²) in [6.45, 7) is 1.22. The van der Waals surface area contributed by atoms with Gasteiger partial charge in [0.2, 0.25) is 0 Å². The highest BCUT2D eigenvalue weighted by atomic mass is 35.5. The van der Waals surface area contributed by atoms with E-state index in [0.29, 0.717) is 35.6 Å². The lowest BCUT2D eigenvalue weighted by molar-refractivity contribution is 0.460. The van der Waals surface area contributed by atoms with E-state index in [9.17, 15) is 4.79 Å². The molecular formula is C15H23ClN4O. The van der Waals surface area contributed by atoms with Gasteiger partial charge in [0.1, 0.15) is 5.69 Å². The van der Waals surface area contributed by atoms with E-state index >= 15 is 0 Å². The van der Waals surface area contributed by atoms with E-state index in [-0.39, 0.29) is 11.6 Å². The summed E-state index contributed by atoms with van der Waals surface area (Å²) < 4.78 is 1.54. The first-order chi connectivity index (χ1) is 10.2. The van der Waals surface area contributed by atoms with Crippen LogP contribution in [0, 0.1) is 11.8 Å². The van der Waals surface area contributed by atoms with Gasteiger partial charge in [0.05, 0.1) is 11.2 Å². The highest BCUT2D eigenvalue weighted by Gasteiger charge is 2.27. The van der Waals surface area contributed by atoms with Crippen LogP contribution in [-0.4, -0.2) is 22.4 Å². The van der Waals surface area contributed by atoms with E-state index in [1.807, 2.05) is 0 Å². The van der Waals surface area contributed by atoms with E-state index in [2.05, 4.69) is 10.4 Å². The maximum Gasteiger partial charge on any atom is 0.291 e. The van der Waals surface area contributed by atoms with E-state index in [1.54, 1.807) is 6.20 Å². The van der Waals surface area contributed by atoms with Crippen LogP contribution in [0.5, 0.6) is 0 Å². The fraction of sp³-hybridized carbons (Fsp3) is 0.733.